The van der Waals surface area contributed by atoms with E-state index >= 15 is 0 Å². The summed E-state index contributed by atoms with van der Waals surface area (Å²) in [4.78, 5) is 18.1. The van der Waals surface area contributed by atoms with Crippen LogP contribution in [0.1, 0.15) is 29.3 Å². The van der Waals surface area contributed by atoms with Gasteiger partial charge in [0.05, 0.1) is 11.8 Å². The van der Waals surface area contributed by atoms with Crippen molar-refractivity contribution in [2.45, 2.75) is 19.9 Å². The number of pyridine rings is 1. The van der Waals surface area contributed by atoms with Gasteiger partial charge in [-0.1, -0.05) is 6.92 Å². The van der Waals surface area contributed by atoms with Gasteiger partial charge in [0.25, 0.3) is 5.91 Å². The predicted octanol–water partition coefficient (Wildman–Crippen LogP) is 1.90. The van der Waals surface area contributed by atoms with Gasteiger partial charge < -0.3 is 10.2 Å². The number of hydrogen-bond acceptors (Lipinski definition) is 4. The molecular weight excluding hydrogens is 254 g/mol. The lowest BCUT2D eigenvalue weighted by molar-refractivity contribution is 0.0785. The summed E-state index contributed by atoms with van der Waals surface area (Å²) in [6.07, 6.45) is 6.13. The van der Waals surface area contributed by atoms with Crippen LogP contribution in [-0.4, -0.2) is 39.6 Å². The highest BCUT2D eigenvalue weighted by molar-refractivity contribution is 5.93. The highest BCUT2D eigenvalue weighted by Crippen LogP contribution is 2.09. The summed E-state index contributed by atoms with van der Waals surface area (Å²) in [5, 5.41) is 9.77. The fraction of sp³-hybridized carbons (Fsp3) is 0.357. The Morgan fingerprint density at radius 2 is 2.25 bits per heavy atom. The maximum Gasteiger partial charge on any atom is 0.255 e. The number of nitrogens with one attached hydrogen (secondary N) is 2. The molecule has 0 unspecified atom stereocenters. The maximum absolute atomic E-state index is 12.2. The van der Waals surface area contributed by atoms with Crippen molar-refractivity contribution in [3.63, 3.8) is 0 Å². The third-order valence-electron chi connectivity index (χ3n) is 2.89. The first kappa shape index (κ1) is 14.0. The molecule has 2 N–H and O–H groups in total. The largest absolute Gasteiger partial charge is 0.370 e. The number of aromatic amines is 1. The van der Waals surface area contributed by atoms with Crippen LogP contribution in [0, 0.1) is 0 Å². The number of aromatic nitrogens is 3. The van der Waals surface area contributed by atoms with E-state index in [2.05, 4.69) is 27.4 Å². The Morgan fingerprint density at radius 1 is 1.40 bits per heavy atom. The van der Waals surface area contributed by atoms with E-state index in [0.717, 1.165) is 24.3 Å². The molecule has 0 bridgehead atoms. The molecule has 0 radical (unpaired) electrons. The summed E-state index contributed by atoms with van der Waals surface area (Å²) in [5.41, 5.74) is 1.55. The molecular formula is C14H19N5O. The molecule has 0 atom stereocenters. The first-order chi connectivity index (χ1) is 9.70. The highest BCUT2D eigenvalue weighted by Gasteiger charge is 2.12. The van der Waals surface area contributed by atoms with E-state index in [0.29, 0.717) is 12.1 Å². The topological polar surface area (TPSA) is 73.9 Å². The first-order valence-corrected chi connectivity index (χ1v) is 6.63. The van der Waals surface area contributed by atoms with E-state index in [4.69, 9.17) is 0 Å². The van der Waals surface area contributed by atoms with E-state index in [1.165, 1.54) is 0 Å². The van der Waals surface area contributed by atoms with Gasteiger partial charge in [0.1, 0.15) is 5.82 Å². The minimum absolute atomic E-state index is 0.0549. The third-order valence-corrected chi connectivity index (χ3v) is 2.89. The van der Waals surface area contributed by atoms with Crippen LogP contribution in [-0.2, 0) is 6.54 Å². The number of nitrogens with zero attached hydrogens (tertiary/aromatic N) is 3. The lowest BCUT2D eigenvalue weighted by Crippen LogP contribution is -2.26. The van der Waals surface area contributed by atoms with Crippen LogP contribution in [0.2, 0.25) is 0 Å². The molecule has 6 heteroatoms. The van der Waals surface area contributed by atoms with Gasteiger partial charge in [-0.25, -0.2) is 4.98 Å². The lowest BCUT2D eigenvalue weighted by atomic mass is 10.2. The molecule has 2 aromatic heterocycles. The zero-order valence-electron chi connectivity index (χ0n) is 11.8. The molecule has 2 aromatic rings. The number of carbonyl (C=O) groups is 1. The van der Waals surface area contributed by atoms with Gasteiger partial charge in [-0.3, -0.25) is 9.89 Å². The van der Waals surface area contributed by atoms with Gasteiger partial charge in [0.15, 0.2) is 0 Å². The molecule has 1 amide bonds. The van der Waals surface area contributed by atoms with Crippen molar-refractivity contribution in [2.24, 2.45) is 0 Å². The van der Waals surface area contributed by atoms with Gasteiger partial charge in [0.2, 0.25) is 0 Å². The van der Waals surface area contributed by atoms with Crippen molar-refractivity contribution in [1.82, 2.24) is 20.1 Å². The maximum atomic E-state index is 12.2. The van der Waals surface area contributed by atoms with Crippen molar-refractivity contribution in [1.29, 1.82) is 0 Å². The van der Waals surface area contributed by atoms with Gasteiger partial charge in [-0.15, -0.1) is 0 Å². The van der Waals surface area contributed by atoms with Gasteiger partial charge >= 0.3 is 0 Å². The number of H-pyrrole nitrogens is 1. The van der Waals surface area contributed by atoms with E-state index in [9.17, 15) is 4.79 Å². The van der Waals surface area contributed by atoms with Gasteiger partial charge in [-0.05, 0) is 18.6 Å². The molecule has 2 heterocycles. The molecule has 20 heavy (non-hydrogen) atoms. The lowest BCUT2D eigenvalue weighted by Gasteiger charge is -2.16. The molecule has 0 aliphatic heterocycles. The zero-order valence-corrected chi connectivity index (χ0v) is 11.8. The summed E-state index contributed by atoms with van der Waals surface area (Å²) in [6, 6.07) is 3.62. The Labute approximate surface area is 118 Å². The molecule has 0 aliphatic carbocycles. The Kier molecular flexibility index (Phi) is 4.70. The minimum Gasteiger partial charge on any atom is -0.370 e. The van der Waals surface area contributed by atoms with Crippen molar-refractivity contribution in [2.75, 3.05) is 18.9 Å². The number of hydrogen-bond donors (Lipinski definition) is 2. The average Bonchev–Trinajstić information content (AvgIpc) is 2.97. The number of anilines is 1. The highest BCUT2D eigenvalue weighted by atomic mass is 16.2. The van der Waals surface area contributed by atoms with E-state index in [1.54, 1.807) is 36.6 Å². The standard InChI is InChI=1S/C14H19N5O/c1-3-6-15-13-5-4-12(9-16-13)14(20)19(2)10-11-7-17-18-8-11/h4-5,7-9H,3,6,10H2,1-2H3,(H,15,16)(H,17,18). The van der Waals surface area contributed by atoms with Crippen molar-refractivity contribution >= 4 is 11.7 Å². The third kappa shape index (κ3) is 3.57. The van der Waals surface area contributed by atoms with E-state index in [-0.39, 0.29) is 5.91 Å². The number of rotatable bonds is 6. The van der Waals surface area contributed by atoms with Crippen molar-refractivity contribution < 1.29 is 4.79 Å². The molecule has 2 rings (SSSR count). The Balaban J connectivity index is 1.97. The Hall–Kier alpha value is -2.37. The minimum atomic E-state index is -0.0549. The second-order valence-electron chi connectivity index (χ2n) is 4.63. The Morgan fingerprint density at radius 3 is 2.85 bits per heavy atom. The normalized spacial score (nSPS) is 10.3. The molecule has 106 valence electrons. The molecule has 0 saturated heterocycles. The molecule has 0 fully saturated rings. The summed E-state index contributed by atoms with van der Waals surface area (Å²) < 4.78 is 0. The molecule has 0 spiro atoms. The summed E-state index contributed by atoms with van der Waals surface area (Å²) in [7, 11) is 1.76. The van der Waals surface area contributed by atoms with Gasteiger partial charge in [-0.2, -0.15) is 5.10 Å². The van der Waals surface area contributed by atoms with Gasteiger partial charge in [0, 0.05) is 38.1 Å². The van der Waals surface area contributed by atoms with Crippen LogP contribution in [0.15, 0.2) is 30.7 Å². The van der Waals surface area contributed by atoms with Crippen LogP contribution in [0.25, 0.3) is 0 Å². The Bertz CT molecular complexity index is 535. The monoisotopic (exact) mass is 273 g/mol. The smallest absolute Gasteiger partial charge is 0.255 e. The van der Waals surface area contributed by atoms with Crippen molar-refractivity contribution in [3.8, 4) is 0 Å². The van der Waals surface area contributed by atoms with E-state index < -0.39 is 0 Å². The van der Waals surface area contributed by atoms with Crippen LogP contribution in [0.4, 0.5) is 5.82 Å². The number of carbonyl (C=O) groups excluding carboxylic acids is 1. The molecule has 0 saturated carbocycles. The summed E-state index contributed by atoms with van der Waals surface area (Å²) in [6.45, 7) is 3.49. The summed E-state index contributed by atoms with van der Waals surface area (Å²) in [5.74, 6) is 0.738. The van der Waals surface area contributed by atoms with E-state index in [1.807, 2.05) is 6.07 Å². The molecule has 6 nitrogen and oxygen atoms in total. The van der Waals surface area contributed by atoms with Crippen LogP contribution in [0.3, 0.4) is 0 Å². The predicted molar refractivity (Wildman–Crippen MR) is 77.4 cm³/mol. The molecule has 0 aromatic carbocycles. The zero-order chi connectivity index (χ0) is 14.4. The average molecular weight is 273 g/mol. The van der Waals surface area contributed by atoms with Crippen LogP contribution in [0.5, 0.6) is 0 Å². The fourth-order valence-electron chi connectivity index (χ4n) is 1.81. The SMILES string of the molecule is CCCNc1ccc(C(=O)N(C)Cc2cn[nH]c2)cn1. The fourth-order valence-corrected chi connectivity index (χ4v) is 1.81. The summed E-state index contributed by atoms with van der Waals surface area (Å²) >= 11 is 0. The quantitative estimate of drug-likeness (QED) is 0.843. The van der Waals surface area contributed by atoms with Crippen molar-refractivity contribution in [3.05, 3.63) is 41.9 Å². The first-order valence-electron chi connectivity index (χ1n) is 6.63. The number of amides is 1. The van der Waals surface area contributed by atoms with Crippen LogP contribution >= 0.6 is 0 Å². The second kappa shape index (κ2) is 6.70. The second-order valence-corrected chi connectivity index (χ2v) is 4.63. The molecule has 0 aliphatic rings. The van der Waals surface area contributed by atoms with Crippen LogP contribution < -0.4 is 5.32 Å².